The Morgan fingerprint density at radius 2 is 1.62 bits per heavy atom. The van der Waals surface area contributed by atoms with Crippen LogP contribution in [-0.2, 0) is 0 Å². The number of pyridine rings is 1. The van der Waals surface area contributed by atoms with Crippen LogP contribution in [0.5, 0.6) is 0 Å². The number of aromatic nitrogens is 1. The summed E-state index contributed by atoms with van der Waals surface area (Å²) in [5.74, 6) is 0. The number of rotatable bonds is 1. The molecule has 1 unspecified atom stereocenters. The fraction of sp³-hybridized carbons (Fsp3) is 0.125. The molecule has 3 aromatic carbocycles. The lowest BCUT2D eigenvalue weighted by Gasteiger charge is -2.28. The summed E-state index contributed by atoms with van der Waals surface area (Å²) < 4.78 is 0. The maximum absolute atomic E-state index is 5.12. The Morgan fingerprint density at radius 3 is 2.46 bits per heavy atom. The lowest BCUT2D eigenvalue weighted by atomic mass is 9.90. The highest BCUT2D eigenvalue weighted by molar-refractivity contribution is 7.99. The van der Waals surface area contributed by atoms with Gasteiger partial charge in [0.15, 0.2) is 0 Å². The zero-order valence-electron chi connectivity index (χ0n) is 14.9. The van der Waals surface area contributed by atoms with Crippen molar-refractivity contribution in [3.8, 4) is 22.4 Å². The summed E-state index contributed by atoms with van der Waals surface area (Å²) in [5, 5.41) is 1.60. The number of nitrogens with zero attached hydrogens (tertiary/aromatic N) is 1. The highest BCUT2D eigenvalue weighted by Crippen LogP contribution is 2.53. The molecule has 2 heterocycles. The average molecular weight is 353 g/mol. The molecule has 1 nitrogen and oxygen atoms in total. The van der Waals surface area contributed by atoms with Crippen LogP contribution in [0.1, 0.15) is 23.3 Å². The largest absolute Gasteiger partial charge is 0.247 e. The highest BCUT2D eigenvalue weighted by atomic mass is 32.2. The summed E-state index contributed by atoms with van der Waals surface area (Å²) in [5.41, 5.74) is 8.78. The fourth-order valence-electron chi connectivity index (χ4n) is 3.97. The maximum atomic E-state index is 5.12. The molecule has 0 spiro atoms. The summed E-state index contributed by atoms with van der Waals surface area (Å²) in [6, 6.07) is 25.8. The molecule has 0 fully saturated rings. The van der Waals surface area contributed by atoms with Gasteiger partial charge in [-0.05, 0) is 36.6 Å². The number of fused-ring (bicyclic) bond motifs is 4. The normalized spacial score (nSPS) is 15.5. The second-order valence-electron chi connectivity index (χ2n) is 6.84. The van der Waals surface area contributed by atoms with Gasteiger partial charge in [-0.2, -0.15) is 0 Å². The van der Waals surface area contributed by atoms with Crippen LogP contribution >= 0.6 is 11.8 Å². The molecule has 0 bridgehead atoms. The SMILES string of the molecule is Cc1cccc2c1SC(C)c1c-2nc2ccccc2c1-c1ccccc1. The van der Waals surface area contributed by atoms with Gasteiger partial charge in [0, 0.05) is 26.7 Å². The van der Waals surface area contributed by atoms with Crippen LogP contribution in [0.15, 0.2) is 77.7 Å². The van der Waals surface area contributed by atoms with E-state index in [0.717, 1.165) is 11.2 Å². The Balaban J connectivity index is 1.95. The van der Waals surface area contributed by atoms with E-state index in [0.29, 0.717) is 5.25 Å². The third-order valence-electron chi connectivity index (χ3n) is 5.16. The minimum atomic E-state index is 0.367. The number of benzene rings is 3. The van der Waals surface area contributed by atoms with E-state index in [1.807, 2.05) is 11.8 Å². The molecule has 1 aliphatic rings. The van der Waals surface area contributed by atoms with Gasteiger partial charge in [0.25, 0.3) is 0 Å². The molecule has 0 aliphatic carbocycles. The topological polar surface area (TPSA) is 12.9 Å². The maximum Gasteiger partial charge on any atom is 0.0770 e. The molecule has 0 N–H and O–H groups in total. The molecule has 5 rings (SSSR count). The van der Waals surface area contributed by atoms with Gasteiger partial charge in [0.2, 0.25) is 0 Å². The average Bonchev–Trinajstić information content (AvgIpc) is 2.68. The second-order valence-corrected chi connectivity index (χ2v) is 8.19. The van der Waals surface area contributed by atoms with E-state index in [2.05, 4.69) is 86.6 Å². The van der Waals surface area contributed by atoms with E-state index < -0.39 is 0 Å². The number of aryl methyl sites for hydroxylation is 1. The number of para-hydroxylation sites is 1. The molecule has 1 aromatic heterocycles. The van der Waals surface area contributed by atoms with Gasteiger partial charge in [-0.25, -0.2) is 4.98 Å². The van der Waals surface area contributed by atoms with Gasteiger partial charge >= 0.3 is 0 Å². The van der Waals surface area contributed by atoms with E-state index in [1.54, 1.807) is 0 Å². The van der Waals surface area contributed by atoms with Crippen molar-refractivity contribution in [1.29, 1.82) is 0 Å². The zero-order valence-corrected chi connectivity index (χ0v) is 15.7. The van der Waals surface area contributed by atoms with Crippen molar-refractivity contribution in [2.45, 2.75) is 24.0 Å². The minimum Gasteiger partial charge on any atom is -0.247 e. The number of thioether (sulfide) groups is 1. The molecule has 4 aromatic rings. The number of hydrogen-bond acceptors (Lipinski definition) is 2. The summed E-state index contributed by atoms with van der Waals surface area (Å²) in [7, 11) is 0. The molecular weight excluding hydrogens is 334 g/mol. The summed E-state index contributed by atoms with van der Waals surface area (Å²) in [6.45, 7) is 4.50. The first-order valence-electron chi connectivity index (χ1n) is 8.99. The molecule has 2 heteroatoms. The van der Waals surface area contributed by atoms with Gasteiger partial charge in [0.1, 0.15) is 0 Å². The summed E-state index contributed by atoms with van der Waals surface area (Å²) in [4.78, 5) is 6.49. The molecule has 126 valence electrons. The molecule has 26 heavy (non-hydrogen) atoms. The van der Waals surface area contributed by atoms with Crippen LogP contribution in [0.4, 0.5) is 0 Å². The van der Waals surface area contributed by atoms with E-state index >= 15 is 0 Å². The molecule has 1 aliphatic heterocycles. The first-order chi connectivity index (χ1) is 12.7. The van der Waals surface area contributed by atoms with Crippen molar-refractivity contribution in [2.75, 3.05) is 0 Å². The van der Waals surface area contributed by atoms with E-state index in [-0.39, 0.29) is 0 Å². The van der Waals surface area contributed by atoms with Crippen LogP contribution in [0.25, 0.3) is 33.3 Å². The van der Waals surface area contributed by atoms with E-state index in [1.165, 1.54) is 38.1 Å². The van der Waals surface area contributed by atoms with Crippen LogP contribution in [-0.4, -0.2) is 4.98 Å². The molecule has 0 saturated carbocycles. The standard InChI is InChI=1S/C24H19NS/c1-15-9-8-13-19-23-21(16(2)26-24(15)19)22(17-10-4-3-5-11-17)18-12-6-7-14-20(18)25-23/h3-14,16H,1-2H3. The van der Waals surface area contributed by atoms with Crippen LogP contribution < -0.4 is 0 Å². The Kier molecular flexibility index (Phi) is 3.61. The van der Waals surface area contributed by atoms with Crippen molar-refractivity contribution in [2.24, 2.45) is 0 Å². The minimum absolute atomic E-state index is 0.367. The highest BCUT2D eigenvalue weighted by Gasteiger charge is 2.29. The van der Waals surface area contributed by atoms with Gasteiger partial charge in [0.05, 0.1) is 11.2 Å². The van der Waals surface area contributed by atoms with Gasteiger partial charge in [-0.1, -0.05) is 66.7 Å². The quantitative estimate of drug-likeness (QED) is 0.364. The fourth-order valence-corrected chi connectivity index (χ4v) is 5.22. The van der Waals surface area contributed by atoms with Crippen LogP contribution in [0.2, 0.25) is 0 Å². The predicted octanol–water partition coefficient (Wildman–Crippen LogP) is 7.04. The van der Waals surface area contributed by atoms with E-state index in [9.17, 15) is 0 Å². The van der Waals surface area contributed by atoms with Crippen molar-refractivity contribution in [3.05, 3.63) is 83.9 Å². The first kappa shape index (κ1) is 15.7. The van der Waals surface area contributed by atoms with Crippen molar-refractivity contribution in [1.82, 2.24) is 4.98 Å². The van der Waals surface area contributed by atoms with Gasteiger partial charge in [-0.3, -0.25) is 0 Å². The molecule has 0 amide bonds. The van der Waals surface area contributed by atoms with Crippen molar-refractivity contribution in [3.63, 3.8) is 0 Å². The van der Waals surface area contributed by atoms with Gasteiger partial charge in [-0.15, -0.1) is 11.8 Å². The Labute approximate surface area is 158 Å². The lowest BCUT2D eigenvalue weighted by Crippen LogP contribution is -2.07. The summed E-state index contributed by atoms with van der Waals surface area (Å²) in [6.07, 6.45) is 0. The Hall–Kier alpha value is -2.58. The number of hydrogen-bond donors (Lipinski definition) is 0. The van der Waals surface area contributed by atoms with E-state index in [4.69, 9.17) is 4.98 Å². The second kappa shape index (κ2) is 6.00. The zero-order chi connectivity index (χ0) is 17.7. The van der Waals surface area contributed by atoms with Crippen molar-refractivity contribution >= 4 is 22.7 Å². The smallest absolute Gasteiger partial charge is 0.0770 e. The third kappa shape index (κ3) is 2.29. The van der Waals surface area contributed by atoms with Gasteiger partial charge < -0.3 is 0 Å². The van der Waals surface area contributed by atoms with Crippen LogP contribution in [0, 0.1) is 6.92 Å². The predicted molar refractivity (Wildman–Crippen MR) is 112 cm³/mol. The van der Waals surface area contributed by atoms with Crippen LogP contribution in [0.3, 0.4) is 0 Å². The Bertz CT molecular complexity index is 1130. The van der Waals surface area contributed by atoms with Crippen molar-refractivity contribution < 1.29 is 0 Å². The first-order valence-corrected chi connectivity index (χ1v) is 9.86. The Morgan fingerprint density at radius 1 is 0.846 bits per heavy atom. The monoisotopic (exact) mass is 353 g/mol. The third-order valence-corrected chi connectivity index (χ3v) is 6.53. The lowest BCUT2D eigenvalue weighted by molar-refractivity contribution is 1.06. The molecule has 0 saturated heterocycles. The molecule has 0 radical (unpaired) electrons. The molecular formula is C24H19NS. The molecule has 1 atom stereocenters. The summed E-state index contributed by atoms with van der Waals surface area (Å²) >= 11 is 1.96.